The first kappa shape index (κ1) is 12.5. The van der Waals surface area contributed by atoms with Crippen molar-refractivity contribution in [2.45, 2.75) is 26.3 Å². The van der Waals surface area contributed by atoms with E-state index in [1.165, 1.54) is 6.92 Å². The van der Waals surface area contributed by atoms with E-state index in [9.17, 15) is 4.79 Å². The van der Waals surface area contributed by atoms with Crippen LogP contribution in [-0.4, -0.2) is 19.1 Å². The molecule has 1 unspecified atom stereocenters. The summed E-state index contributed by atoms with van der Waals surface area (Å²) in [5.41, 5.74) is 7.54. The zero-order chi connectivity index (χ0) is 12.1. The van der Waals surface area contributed by atoms with Gasteiger partial charge in [0.1, 0.15) is 5.75 Å². The van der Waals surface area contributed by atoms with Crippen LogP contribution in [0.5, 0.6) is 5.75 Å². The second-order valence-electron chi connectivity index (χ2n) is 3.89. The minimum Gasteiger partial charge on any atom is -0.497 e. The highest BCUT2D eigenvalue weighted by molar-refractivity contribution is 5.89. The van der Waals surface area contributed by atoms with E-state index in [2.05, 4.69) is 5.32 Å². The Morgan fingerprint density at radius 1 is 1.56 bits per heavy atom. The van der Waals surface area contributed by atoms with Crippen LogP contribution in [0.4, 0.5) is 5.69 Å². The molecule has 1 aromatic carbocycles. The fourth-order valence-corrected chi connectivity index (χ4v) is 1.51. The standard InChI is InChI=1S/C12H18N2O2/c1-8(13)6-10-4-5-11(16-3)7-12(10)14-9(2)15/h4-5,7-8H,6,13H2,1-3H3,(H,14,15). The summed E-state index contributed by atoms with van der Waals surface area (Å²) in [6.07, 6.45) is 0.722. The van der Waals surface area contributed by atoms with Gasteiger partial charge in [0, 0.05) is 24.7 Å². The lowest BCUT2D eigenvalue weighted by atomic mass is 10.1. The molecule has 1 aromatic rings. The van der Waals surface area contributed by atoms with Crippen molar-refractivity contribution < 1.29 is 9.53 Å². The molecule has 1 atom stereocenters. The highest BCUT2D eigenvalue weighted by atomic mass is 16.5. The van der Waals surface area contributed by atoms with Crippen LogP contribution in [0.2, 0.25) is 0 Å². The third-order valence-electron chi connectivity index (χ3n) is 2.17. The van der Waals surface area contributed by atoms with Gasteiger partial charge in [0.15, 0.2) is 0 Å². The fourth-order valence-electron chi connectivity index (χ4n) is 1.51. The molecule has 4 heteroatoms. The molecule has 0 aliphatic heterocycles. The Bertz CT molecular complexity index is 375. The van der Waals surface area contributed by atoms with Crippen LogP contribution in [0, 0.1) is 0 Å². The number of nitrogens with two attached hydrogens (primary N) is 1. The number of hydrogen-bond acceptors (Lipinski definition) is 3. The zero-order valence-corrected chi connectivity index (χ0v) is 9.91. The monoisotopic (exact) mass is 222 g/mol. The third kappa shape index (κ3) is 3.55. The average Bonchev–Trinajstić information content (AvgIpc) is 2.19. The van der Waals surface area contributed by atoms with Crippen molar-refractivity contribution in [3.63, 3.8) is 0 Å². The van der Waals surface area contributed by atoms with E-state index in [4.69, 9.17) is 10.5 Å². The molecule has 1 rings (SSSR count). The maximum absolute atomic E-state index is 11.1. The summed E-state index contributed by atoms with van der Waals surface area (Å²) in [7, 11) is 1.60. The number of ether oxygens (including phenoxy) is 1. The molecule has 0 spiro atoms. The Balaban J connectivity index is 3.00. The lowest BCUT2D eigenvalue weighted by Gasteiger charge is -2.13. The number of hydrogen-bond donors (Lipinski definition) is 2. The number of rotatable bonds is 4. The molecule has 0 aliphatic rings. The SMILES string of the molecule is COc1ccc(CC(C)N)c(NC(C)=O)c1. The van der Waals surface area contributed by atoms with Crippen molar-refractivity contribution in [1.82, 2.24) is 0 Å². The summed E-state index contributed by atoms with van der Waals surface area (Å²) in [4.78, 5) is 11.1. The summed E-state index contributed by atoms with van der Waals surface area (Å²) in [5, 5.41) is 2.78. The first-order valence-corrected chi connectivity index (χ1v) is 5.23. The predicted molar refractivity (Wildman–Crippen MR) is 64.7 cm³/mol. The lowest BCUT2D eigenvalue weighted by Crippen LogP contribution is -2.19. The number of carbonyl (C=O) groups is 1. The average molecular weight is 222 g/mol. The van der Waals surface area contributed by atoms with Crippen LogP contribution in [0.25, 0.3) is 0 Å². The maximum atomic E-state index is 11.1. The van der Waals surface area contributed by atoms with Crippen LogP contribution in [-0.2, 0) is 11.2 Å². The second-order valence-corrected chi connectivity index (χ2v) is 3.89. The third-order valence-corrected chi connectivity index (χ3v) is 2.17. The van der Waals surface area contributed by atoms with E-state index in [-0.39, 0.29) is 11.9 Å². The first-order valence-electron chi connectivity index (χ1n) is 5.23. The fraction of sp³-hybridized carbons (Fsp3) is 0.417. The molecule has 0 radical (unpaired) electrons. The van der Waals surface area contributed by atoms with Crippen molar-refractivity contribution in [2.24, 2.45) is 5.73 Å². The molecular formula is C12H18N2O2. The normalized spacial score (nSPS) is 12.0. The van der Waals surface area contributed by atoms with Gasteiger partial charge in [-0.15, -0.1) is 0 Å². The quantitative estimate of drug-likeness (QED) is 0.812. The molecule has 16 heavy (non-hydrogen) atoms. The van der Waals surface area contributed by atoms with Crippen molar-refractivity contribution >= 4 is 11.6 Å². The zero-order valence-electron chi connectivity index (χ0n) is 9.91. The summed E-state index contributed by atoms with van der Waals surface area (Å²) in [6.45, 7) is 3.41. The minimum atomic E-state index is -0.0980. The number of nitrogens with one attached hydrogen (secondary N) is 1. The summed E-state index contributed by atoms with van der Waals surface area (Å²) in [6, 6.07) is 5.65. The molecule has 88 valence electrons. The van der Waals surface area contributed by atoms with E-state index in [0.29, 0.717) is 0 Å². The molecule has 0 heterocycles. The predicted octanol–water partition coefficient (Wildman–Crippen LogP) is 1.54. The van der Waals surface area contributed by atoms with E-state index in [0.717, 1.165) is 23.4 Å². The van der Waals surface area contributed by atoms with Crippen LogP contribution < -0.4 is 15.8 Å². The minimum absolute atomic E-state index is 0.0564. The Morgan fingerprint density at radius 2 is 2.25 bits per heavy atom. The van der Waals surface area contributed by atoms with Crippen molar-refractivity contribution in [1.29, 1.82) is 0 Å². The number of carbonyl (C=O) groups excluding carboxylic acids is 1. The molecule has 0 saturated heterocycles. The number of benzene rings is 1. The Morgan fingerprint density at radius 3 is 2.75 bits per heavy atom. The van der Waals surface area contributed by atoms with Gasteiger partial charge < -0.3 is 15.8 Å². The van der Waals surface area contributed by atoms with Gasteiger partial charge in [-0.25, -0.2) is 0 Å². The molecule has 0 saturated carbocycles. The second kappa shape index (κ2) is 5.51. The number of methoxy groups -OCH3 is 1. The van der Waals surface area contributed by atoms with E-state index in [1.54, 1.807) is 13.2 Å². The first-order chi connectivity index (χ1) is 7.52. The highest BCUT2D eigenvalue weighted by Gasteiger charge is 2.07. The lowest BCUT2D eigenvalue weighted by molar-refractivity contribution is -0.114. The largest absolute Gasteiger partial charge is 0.497 e. The highest BCUT2D eigenvalue weighted by Crippen LogP contribution is 2.23. The summed E-state index contributed by atoms with van der Waals surface area (Å²) >= 11 is 0. The summed E-state index contributed by atoms with van der Waals surface area (Å²) < 4.78 is 5.11. The number of anilines is 1. The molecule has 0 aliphatic carbocycles. The van der Waals surface area contributed by atoms with Gasteiger partial charge in [-0.05, 0) is 25.0 Å². The Labute approximate surface area is 95.8 Å². The smallest absolute Gasteiger partial charge is 0.221 e. The Hall–Kier alpha value is -1.55. The molecule has 0 fully saturated rings. The van der Waals surface area contributed by atoms with E-state index < -0.39 is 0 Å². The summed E-state index contributed by atoms with van der Waals surface area (Å²) in [5.74, 6) is 0.622. The van der Waals surface area contributed by atoms with Gasteiger partial charge in [0.05, 0.1) is 7.11 Å². The van der Waals surface area contributed by atoms with Gasteiger partial charge in [-0.2, -0.15) is 0 Å². The van der Waals surface area contributed by atoms with Crippen LogP contribution >= 0.6 is 0 Å². The van der Waals surface area contributed by atoms with Crippen molar-refractivity contribution in [3.05, 3.63) is 23.8 Å². The molecular weight excluding hydrogens is 204 g/mol. The number of amides is 1. The van der Waals surface area contributed by atoms with Gasteiger partial charge in [-0.1, -0.05) is 6.07 Å². The molecule has 3 N–H and O–H groups in total. The van der Waals surface area contributed by atoms with Gasteiger partial charge in [-0.3, -0.25) is 4.79 Å². The van der Waals surface area contributed by atoms with E-state index >= 15 is 0 Å². The molecule has 1 amide bonds. The van der Waals surface area contributed by atoms with Crippen LogP contribution in [0.15, 0.2) is 18.2 Å². The van der Waals surface area contributed by atoms with Crippen molar-refractivity contribution in [2.75, 3.05) is 12.4 Å². The molecule has 0 bridgehead atoms. The van der Waals surface area contributed by atoms with Gasteiger partial charge in [0.2, 0.25) is 5.91 Å². The van der Waals surface area contributed by atoms with Crippen LogP contribution in [0.1, 0.15) is 19.4 Å². The Kier molecular flexibility index (Phi) is 4.31. The molecule has 0 aromatic heterocycles. The molecule has 4 nitrogen and oxygen atoms in total. The van der Waals surface area contributed by atoms with Crippen molar-refractivity contribution in [3.8, 4) is 5.75 Å². The van der Waals surface area contributed by atoms with Gasteiger partial charge in [0.25, 0.3) is 0 Å². The van der Waals surface area contributed by atoms with Gasteiger partial charge >= 0.3 is 0 Å². The topological polar surface area (TPSA) is 64.3 Å². The maximum Gasteiger partial charge on any atom is 0.221 e. The van der Waals surface area contributed by atoms with E-state index in [1.807, 2.05) is 19.1 Å². The van der Waals surface area contributed by atoms with Crippen LogP contribution in [0.3, 0.4) is 0 Å².